The Balaban J connectivity index is 1.79. The van der Waals surface area contributed by atoms with Crippen molar-refractivity contribution in [2.45, 2.75) is 46.1 Å². The van der Waals surface area contributed by atoms with Crippen molar-refractivity contribution in [3.63, 3.8) is 0 Å². The van der Waals surface area contributed by atoms with Gasteiger partial charge in [0, 0.05) is 50.0 Å². The van der Waals surface area contributed by atoms with Gasteiger partial charge in [-0.2, -0.15) is 0 Å². The summed E-state index contributed by atoms with van der Waals surface area (Å²) in [6, 6.07) is 5.37. The lowest BCUT2D eigenvalue weighted by Crippen LogP contribution is -2.39. The molecular weight excluding hydrogens is 344 g/mol. The number of unbranched alkanes of at least 4 members (excludes halogenated alkanes) is 1. The van der Waals surface area contributed by atoms with Gasteiger partial charge in [-0.25, -0.2) is 0 Å². The van der Waals surface area contributed by atoms with Crippen LogP contribution in [0.15, 0.2) is 28.0 Å². The lowest BCUT2D eigenvalue weighted by Gasteiger charge is -2.24. The van der Waals surface area contributed by atoms with Gasteiger partial charge in [-0.3, -0.25) is 9.79 Å². The predicted molar refractivity (Wildman–Crippen MR) is 108 cm³/mol. The Morgan fingerprint density at radius 2 is 2.22 bits per heavy atom. The summed E-state index contributed by atoms with van der Waals surface area (Å²) in [7, 11) is 0. The van der Waals surface area contributed by atoms with Crippen molar-refractivity contribution in [2.75, 3.05) is 39.5 Å². The summed E-state index contributed by atoms with van der Waals surface area (Å²) in [6.45, 7) is 8.58. The lowest BCUT2D eigenvalue weighted by atomic mass is 9.84. The average molecular weight is 379 g/mol. The summed E-state index contributed by atoms with van der Waals surface area (Å²) in [4.78, 5) is 16.6. The van der Waals surface area contributed by atoms with E-state index in [2.05, 4.69) is 10.6 Å². The molecule has 0 radical (unpaired) electrons. The minimum atomic E-state index is -0.0386. The van der Waals surface area contributed by atoms with E-state index in [0.29, 0.717) is 13.2 Å². The molecule has 1 unspecified atom stereocenters. The van der Waals surface area contributed by atoms with Crippen LogP contribution >= 0.6 is 0 Å². The van der Waals surface area contributed by atoms with Gasteiger partial charge in [-0.05, 0) is 45.6 Å². The molecule has 0 bridgehead atoms. The summed E-state index contributed by atoms with van der Waals surface area (Å²) in [5.74, 6) is 0.801. The fourth-order valence-electron chi connectivity index (χ4n) is 3.39. The number of rotatable bonds is 10. The number of nitrogens with zero attached hydrogens (tertiary/aromatic N) is 2. The maximum atomic E-state index is 11.9. The van der Waals surface area contributed by atoms with Gasteiger partial charge in [0.2, 0.25) is 0 Å². The van der Waals surface area contributed by atoms with E-state index in [1.807, 2.05) is 24.5 Å². The van der Waals surface area contributed by atoms with E-state index < -0.39 is 0 Å². The number of aliphatic hydroxyl groups excluding tert-OH is 1. The van der Waals surface area contributed by atoms with E-state index in [4.69, 9.17) is 9.73 Å². The Morgan fingerprint density at radius 1 is 1.37 bits per heavy atom. The van der Waals surface area contributed by atoms with Gasteiger partial charge in [-0.15, -0.1) is 0 Å². The highest BCUT2D eigenvalue weighted by atomic mass is 16.5. The Hall–Kier alpha value is -1.86. The van der Waals surface area contributed by atoms with Crippen molar-refractivity contribution in [3.05, 3.63) is 34.2 Å². The molecule has 1 saturated heterocycles. The maximum Gasteiger partial charge on any atom is 0.250 e. The molecule has 1 aromatic rings. The third-order valence-electron chi connectivity index (χ3n) is 5.11. The van der Waals surface area contributed by atoms with Crippen LogP contribution in [0.3, 0.4) is 0 Å². The normalized spacial score (nSPS) is 20.0. The number of aliphatic hydroxyl groups is 1. The summed E-state index contributed by atoms with van der Waals surface area (Å²) in [6.07, 6.45) is 3.55. The highest BCUT2D eigenvalue weighted by Crippen LogP contribution is 2.32. The standard InChI is InChI=1S/C20H34N4O3/c1-3-21-19(23-15-20(9-13-25)10-14-27-16-20)22-11-4-5-12-24-17(2)7-6-8-18(24)26/h6-8,25H,3-5,9-16H2,1-2H3,(H2,21,22,23). The lowest BCUT2D eigenvalue weighted by molar-refractivity contribution is 0.131. The number of pyridine rings is 1. The average Bonchev–Trinajstić information content (AvgIpc) is 3.10. The van der Waals surface area contributed by atoms with Crippen molar-refractivity contribution >= 4 is 5.96 Å². The largest absolute Gasteiger partial charge is 0.396 e. The van der Waals surface area contributed by atoms with Crippen molar-refractivity contribution < 1.29 is 9.84 Å². The first-order valence-corrected chi connectivity index (χ1v) is 9.97. The minimum absolute atomic E-state index is 0.0386. The summed E-state index contributed by atoms with van der Waals surface area (Å²) >= 11 is 0. The van der Waals surface area contributed by atoms with Crippen LogP contribution in [0.4, 0.5) is 0 Å². The highest BCUT2D eigenvalue weighted by molar-refractivity contribution is 5.79. The van der Waals surface area contributed by atoms with E-state index in [1.54, 1.807) is 12.1 Å². The maximum absolute atomic E-state index is 11.9. The number of aromatic nitrogens is 1. The SMILES string of the molecule is CCNC(=NCC1(CCO)CCOC1)NCCCCn1c(C)cccc1=O. The monoisotopic (exact) mass is 378 g/mol. The Morgan fingerprint density at radius 3 is 2.89 bits per heavy atom. The topological polar surface area (TPSA) is 87.9 Å². The number of aliphatic imine (C=N–C) groups is 1. The minimum Gasteiger partial charge on any atom is -0.396 e. The van der Waals surface area contributed by atoms with Crippen LogP contribution in [0.1, 0.15) is 38.3 Å². The Labute approximate surface area is 161 Å². The molecule has 3 N–H and O–H groups in total. The second kappa shape index (κ2) is 11.1. The van der Waals surface area contributed by atoms with Crippen LogP contribution < -0.4 is 16.2 Å². The van der Waals surface area contributed by atoms with Crippen LogP contribution in [0.2, 0.25) is 0 Å². The highest BCUT2D eigenvalue weighted by Gasteiger charge is 2.34. The van der Waals surface area contributed by atoms with E-state index in [1.165, 1.54) is 0 Å². The molecule has 0 amide bonds. The quantitative estimate of drug-likeness (QED) is 0.324. The van der Waals surface area contributed by atoms with Gasteiger partial charge in [-0.1, -0.05) is 6.07 Å². The van der Waals surface area contributed by atoms with Crippen molar-refractivity contribution in [1.82, 2.24) is 15.2 Å². The molecule has 27 heavy (non-hydrogen) atoms. The zero-order valence-corrected chi connectivity index (χ0v) is 16.7. The molecule has 152 valence electrons. The molecule has 1 aromatic heterocycles. The first-order valence-electron chi connectivity index (χ1n) is 9.97. The molecule has 2 heterocycles. The van der Waals surface area contributed by atoms with Crippen LogP contribution in [0.5, 0.6) is 0 Å². The van der Waals surface area contributed by atoms with E-state index >= 15 is 0 Å². The molecule has 0 aromatic carbocycles. The second-order valence-corrected chi connectivity index (χ2v) is 7.26. The fraction of sp³-hybridized carbons (Fsp3) is 0.700. The van der Waals surface area contributed by atoms with E-state index in [9.17, 15) is 9.90 Å². The van der Waals surface area contributed by atoms with Gasteiger partial charge in [0.25, 0.3) is 5.56 Å². The zero-order valence-electron chi connectivity index (χ0n) is 16.7. The third kappa shape index (κ3) is 6.66. The van der Waals surface area contributed by atoms with Crippen LogP contribution in [0, 0.1) is 12.3 Å². The number of guanidine groups is 1. The molecule has 0 spiro atoms. The molecule has 1 fully saturated rings. The number of hydrogen-bond acceptors (Lipinski definition) is 4. The van der Waals surface area contributed by atoms with Crippen LogP contribution in [-0.4, -0.2) is 55.1 Å². The Kier molecular flexibility index (Phi) is 8.81. The van der Waals surface area contributed by atoms with Crippen molar-refractivity contribution in [2.24, 2.45) is 10.4 Å². The van der Waals surface area contributed by atoms with Gasteiger partial charge in [0.15, 0.2) is 5.96 Å². The van der Waals surface area contributed by atoms with Crippen LogP contribution in [0.25, 0.3) is 0 Å². The number of ether oxygens (including phenoxy) is 1. The zero-order chi connectivity index (χ0) is 19.5. The van der Waals surface area contributed by atoms with Gasteiger partial charge >= 0.3 is 0 Å². The number of nitrogens with one attached hydrogen (secondary N) is 2. The van der Waals surface area contributed by atoms with E-state index in [0.717, 1.165) is 63.6 Å². The van der Waals surface area contributed by atoms with Crippen LogP contribution in [-0.2, 0) is 11.3 Å². The second-order valence-electron chi connectivity index (χ2n) is 7.26. The summed E-state index contributed by atoms with van der Waals surface area (Å²) in [5.41, 5.74) is 1.02. The van der Waals surface area contributed by atoms with Crippen molar-refractivity contribution in [3.8, 4) is 0 Å². The first-order chi connectivity index (χ1) is 13.1. The smallest absolute Gasteiger partial charge is 0.250 e. The molecule has 1 atom stereocenters. The molecule has 1 aliphatic heterocycles. The third-order valence-corrected chi connectivity index (χ3v) is 5.11. The number of hydrogen-bond donors (Lipinski definition) is 3. The fourth-order valence-corrected chi connectivity index (χ4v) is 3.39. The van der Waals surface area contributed by atoms with Gasteiger partial charge < -0.3 is 25.0 Å². The first kappa shape index (κ1) is 21.4. The molecule has 0 aliphatic carbocycles. The number of aryl methyl sites for hydroxylation is 1. The molecule has 7 heteroatoms. The molecular formula is C20H34N4O3. The summed E-state index contributed by atoms with van der Waals surface area (Å²) in [5, 5.41) is 16.0. The van der Waals surface area contributed by atoms with Crippen molar-refractivity contribution in [1.29, 1.82) is 0 Å². The predicted octanol–water partition coefficient (Wildman–Crippen LogP) is 1.28. The summed E-state index contributed by atoms with van der Waals surface area (Å²) < 4.78 is 7.35. The van der Waals surface area contributed by atoms with E-state index in [-0.39, 0.29) is 17.6 Å². The van der Waals surface area contributed by atoms with Gasteiger partial charge in [0.05, 0.1) is 13.2 Å². The molecule has 0 saturated carbocycles. The van der Waals surface area contributed by atoms with Gasteiger partial charge in [0.1, 0.15) is 0 Å². The molecule has 2 rings (SSSR count). The molecule has 7 nitrogen and oxygen atoms in total. The Bertz CT molecular complexity index is 651. The molecule has 1 aliphatic rings.